The van der Waals surface area contributed by atoms with Crippen LogP contribution in [0, 0.1) is 19.8 Å². The van der Waals surface area contributed by atoms with Crippen LogP contribution in [-0.2, 0) is 0 Å². The predicted molar refractivity (Wildman–Crippen MR) is 75.3 cm³/mol. The third kappa shape index (κ3) is 2.86. The van der Waals surface area contributed by atoms with Gasteiger partial charge in [-0.1, -0.05) is 6.07 Å². The van der Waals surface area contributed by atoms with E-state index in [-0.39, 0.29) is 5.91 Å². The molecule has 1 aromatic carbocycles. The molecule has 0 spiro atoms. The van der Waals surface area contributed by atoms with Crippen molar-refractivity contribution in [2.45, 2.75) is 26.7 Å². The van der Waals surface area contributed by atoms with E-state index in [1.807, 2.05) is 30.0 Å². The van der Waals surface area contributed by atoms with Crippen molar-refractivity contribution >= 4 is 17.5 Å². The summed E-state index contributed by atoms with van der Waals surface area (Å²) in [7, 11) is 0. The van der Waals surface area contributed by atoms with Gasteiger partial charge in [-0.05, 0) is 55.9 Å². The van der Waals surface area contributed by atoms with Crippen LogP contribution in [0.4, 0.5) is 0 Å². The SMILES string of the molecule is Cc1ccc(C(=O)N2CCCC(CCl)C2)cc1C. The van der Waals surface area contributed by atoms with Gasteiger partial charge in [0.1, 0.15) is 0 Å². The Bertz CT molecular complexity index is 444. The summed E-state index contributed by atoms with van der Waals surface area (Å²) in [6, 6.07) is 5.93. The fourth-order valence-corrected chi connectivity index (χ4v) is 2.68. The maximum Gasteiger partial charge on any atom is 0.253 e. The van der Waals surface area contributed by atoms with Crippen molar-refractivity contribution in [2.24, 2.45) is 5.92 Å². The molecule has 98 valence electrons. The molecule has 1 heterocycles. The number of hydrogen-bond donors (Lipinski definition) is 0. The number of carbonyl (C=O) groups is 1. The lowest BCUT2D eigenvalue weighted by molar-refractivity contribution is 0.0685. The molecule has 0 bridgehead atoms. The van der Waals surface area contributed by atoms with E-state index in [9.17, 15) is 4.79 Å². The highest BCUT2D eigenvalue weighted by Crippen LogP contribution is 2.20. The molecule has 1 aromatic rings. The molecule has 0 aliphatic carbocycles. The number of carbonyl (C=O) groups excluding carboxylic acids is 1. The average Bonchev–Trinajstić information content (AvgIpc) is 2.41. The summed E-state index contributed by atoms with van der Waals surface area (Å²) in [6.45, 7) is 5.77. The second-order valence-electron chi connectivity index (χ2n) is 5.21. The number of piperidine rings is 1. The fraction of sp³-hybridized carbons (Fsp3) is 0.533. The Morgan fingerprint density at radius 2 is 2.17 bits per heavy atom. The number of likely N-dealkylation sites (tertiary alicyclic amines) is 1. The van der Waals surface area contributed by atoms with Gasteiger partial charge in [0.2, 0.25) is 0 Å². The number of benzene rings is 1. The molecule has 1 amide bonds. The van der Waals surface area contributed by atoms with Crippen LogP contribution in [0.5, 0.6) is 0 Å². The summed E-state index contributed by atoms with van der Waals surface area (Å²) >= 11 is 5.90. The Hall–Kier alpha value is -1.02. The van der Waals surface area contributed by atoms with Gasteiger partial charge in [-0.15, -0.1) is 11.6 Å². The molecule has 1 aliphatic rings. The molecule has 18 heavy (non-hydrogen) atoms. The van der Waals surface area contributed by atoms with Gasteiger partial charge in [0.15, 0.2) is 0 Å². The van der Waals surface area contributed by atoms with E-state index < -0.39 is 0 Å². The highest BCUT2D eigenvalue weighted by atomic mass is 35.5. The predicted octanol–water partition coefficient (Wildman–Crippen LogP) is 3.39. The smallest absolute Gasteiger partial charge is 0.253 e. The van der Waals surface area contributed by atoms with E-state index in [4.69, 9.17) is 11.6 Å². The zero-order valence-electron chi connectivity index (χ0n) is 11.1. The van der Waals surface area contributed by atoms with E-state index in [0.717, 1.165) is 31.5 Å². The topological polar surface area (TPSA) is 20.3 Å². The molecule has 0 radical (unpaired) electrons. The van der Waals surface area contributed by atoms with E-state index in [2.05, 4.69) is 6.92 Å². The van der Waals surface area contributed by atoms with Gasteiger partial charge in [0.25, 0.3) is 5.91 Å². The number of amides is 1. The monoisotopic (exact) mass is 265 g/mol. The lowest BCUT2D eigenvalue weighted by Crippen LogP contribution is -2.40. The molecule has 2 rings (SSSR count). The van der Waals surface area contributed by atoms with Crippen LogP contribution in [0.25, 0.3) is 0 Å². The summed E-state index contributed by atoms with van der Waals surface area (Å²) in [5.74, 6) is 1.25. The standard InChI is InChI=1S/C15H20ClNO/c1-11-5-6-14(8-12(11)2)15(18)17-7-3-4-13(9-16)10-17/h5-6,8,13H,3-4,7,9-10H2,1-2H3. The Balaban J connectivity index is 2.12. The third-order valence-electron chi connectivity index (χ3n) is 3.78. The first-order valence-electron chi connectivity index (χ1n) is 6.54. The molecule has 0 saturated carbocycles. The first kappa shape index (κ1) is 13.4. The van der Waals surface area contributed by atoms with Crippen molar-refractivity contribution in [3.05, 3.63) is 34.9 Å². The van der Waals surface area contributed by atoms with Crippen LogP contribution in [0.2, 0.25) is 0 Å². The van der Waals surface area contributed by atoms with Gasteiger partial charge >= 0.3 is 0 Å². The van der Waals surface area contributed by atoms with Gasteiger partial charge in [0, 0.05) is 24.5 Å². The van der Waals surface area contributed by atoms with E-state index in [1.165, 1.54) is 11.1 Å². The maximum absolute atomic E-state index is 12.4. The van der Waals surface area contributed by atoms with Crippen LogP contribution in [0.15, 0.2) is 18.2 Å². The second kappa shape index (κ2) is 5.75. The summed E-state index contributed by atoms with van der Waals surface area (Å²) in [5, 5.41) is 0. The largest absolute Gasteiger partial charge is 0.338 e. The second-order valence-corrected chi connectivity index (χ2v) is 5.52. The van der Waals surface area contributed by atoms with Gasteiger partial charge < -0.3 is 4.90 Å². The molecule has 3 heteroatoms. The number of nitrogens with zero attached hydrogens (tertiary/aromatic N) is 1. The summed E-state index contributed by atoms with van der Waals surface area (Å²) in [5.41, 5.74) is 3.20. The molecule has 1 atom stereocenters. The van der Waals surface area contributed by atoms with Crippen molar-refractivity contribution in [3.8, 4) is 0 Å². The Morgan fingerprint density at radius 3 is 2.83 bits per heavy atom. The van der Waals surface area contributed by atoms with Crippen molar-refractivity contribution in [2.75, 3.05) is 19.0 Å². The summed E-state index contributed by atoms with van der Waals surface area (Å²) in [6.07, 6.45) is 2.20. The Kier molecular flexibility index (Phi) is 4.28. The summed E-state index contributed by atoms with van der Waals surface area (Å²) in [4.78, 5) is 14.4. The molecule has 1 aliphatic heterocycles. The van der Waals surface area contributed by atoms with Gasteiger partial charge in [-0.2, -0.15) is 0 Å². The molecule has 0 aromatic heterocycles. The van der Waals surface area contributed by atoms with E-state index in [1.54, 1.807) is 0 Å². The first-order valence-corrected chi connectivity index (χ1v) is 7.07. The number of alkyl halides is 1. The van der Waals surface area contributed by atoms with Crippen molar-refractivity contribution in [3.63, 3.8) is 0 Å². The van der Waals surface area contributed by atoms with Crippen molar-refractivity contribution < 1.29 is 4.79 Å². The van der Waals surface area contributed by atoms with Crippen molar-refractivity contribution in [1.82, 2.24) is 4.90 Å². The highest BCUT2D eigenvalue weighted by molar-refractivity contribution is 6.18. The molecule has 0 N–H and O–H groups in total. The summed E-state index contributed by atoms with van der Waals surface area (Å²) < 4.78 is 0. The number of aryl methyl sites for hydroxylation is 2. The van der Waals surface area contributed by atoms with Crippen LogP contribution in [0.3, 0.4) is 0 Å². The average molecular weight is 266 g/mol. The zero-order chi connectivity index (χ0) is 13.1. The van der Waals surface area contributed by atoms with Gasteiger partial charge in [0.05, 0.1) is 0 Å². The lowest BCUT2D eigenvalue weighted by Gasteiger charge is -2.32. The van der Waals surface area contributed by atoms with Crippen LogP contribution in [0.1, 0.15) is 34.3 Å². The minimum absolute atomic E-state index is 0.146. The number of rotatable bonds is 2. The maximum atomic E-state index is 12.4. The molecule has 1 unspecified atom stereocenters. The van der Waals surface area contributed by atoms with Crippen LogP contribution >= 0.6 is 11.6 Å². The molecular formula is C15H20ClNO. The first-order chi connectivity index (χ1) is 8.61. The minimum atomic E-state index is 0.146. The molecule has 2 nitrogen and oxygen atoms in total. The highest BCUT2D eigenvalue weighted by Gasteiger charge is 2.23. The fourth-order valence-electron chi connectivity index (χ4n) is 2.43. The lowest BCUT2D eigenvalue weighted by atomic mass is 9.98. The molecule has 1 saturated heterocycles. The van der Waals surface area contributed by atoms with E-state index in [0.29, 0.717) is 11.8 Å². The molecular weight excluding hydrogens is 246 g/mol. The number of hydrogen-bond acceptors (Lipinski definition) is 1. The normalized spacial score (nSPS) is 19.9. The minimum Gasteiger partial charge on any atom is -0.338 e. The van der Waals surface area contributed by atoms with Crippen LogP contribution in [-0.4, -0.2) is 29.8 Å². The third-order valence-corrected chi connectivity index (χ3v) is 4.21. The van der Waals surface area contributed by atoms with Crippen molar-refractivity contribution in [1.29, 1.82) is 0 Å². The Labute approximate surface area is 114 Å². The Morgan fingerprint density at radius 1 is 1.39 bits per heavy atom. The number of halogens is 1. The quantitative estimate of drug-likeness (QED) is 0.751. The van der Waals surface area contributed by atoms with Gasteiger partial charge in [-0.3, -0.25) is 4.79 Å². The molecule has 1 fully saturated rings. The van der Waals surface area contributed by atoms with Gasteiger partial charge in [-0.25, -0.2) is 0 Å². The van der Waals surface area contributed by atoms with E-state index >= 15 is 0 Å². The zero-order valence-corrected chi connectivity index (χ0v) is 11.8. The van der Waals surface area contributed by atoms with Crippen LogP contribution < -0.4 is 0 Å².